The topological polar surface area (TPSA) is 63.0 Å². The summed E-state index contributed by atoms with van der Waals surface area (Å²) in [6.07, 6.45) is 5.97. The number of rotatable bonds is 5. The fourth-order valence-electron chi connectivity index (χ4n) is 2.84. The van der Waals surface area contributed by atoms with Crippen molar-refractivity contribution < 1.29 is 5.11 Å². The predicted molar refractivity (Wildman–Crippen MR) is 74.8 cm³/mol. The molecule has 0 saturated heterocycles. The van der Waals surface area contributed by atoms with E-state index < -0.39 is 5.60 Å². The molecule has 0 aliphatic heterocycles. The van der Waals surface area contributed by atoms with E-state index >= 15 is 0 Å². The first-order valence-electron chi connectivity index (χ1n) is 7.29. The van der Waals surface area contributed by atoms with Crippen molar-refractivity contribution in [2.45, 2.75) is 64.1 Å². The Kier molecular flexibility index (Phi) is 4.58. The monoisotopic (exact) mass is 266 g/mol. The molecule has 0 atom stereocenters. The Bertz CT molecular complexity index is 394. The second-order valence-electron chi connectivity index (χ2n) is 6.22. The van der Waals surface area contributed by atoms with E-state index in [9.17, 15) is 5.11 Å². The van der Waals surface area contributed by atoms with Gasteiger partial charge in [0.15, 0.2) is 0 Å². The highest BCUT2D eigenvalue weighted by molar-refractivity contribution is 4.98. The van der Waals surface area contributed by atoms with Crippen LogP contribution in [0, 0.1) is 5.92 Å². The highest BCUT2D eigenvalue weighted by Gasteiger charge is 2.34. The summed E-state index contributed by atoms with van der Waals surface area (Å²) in [6, 6.07) is 0.550. The van der Waals surface area contributed by atoms with Gasteiger partial charge in [-0.05, 0) is 38.6 Å². The molecule has 1 aromatic rings. The van der Waals surface area contributed by atoms with Crippen molar-refractivity contribution >= 4 is 0 Å². The smallest absolute Gasteiger partial charge is 0.138 e. The molecular formula is C14H26N4O. The molecule has 5 heteroatoms. The van der Waals surface area contributed by atoms with Gasteiger partial charge in [0.2, 0.25) is 0 Å². The molecule has 1 heterocycles. The van der Waals surface area contributed by atoms with Gasteiger partial charge >= 0.3 is 0 Å². The van der Waals surface area contributed by atoms with Gasteiger partial charge < -0.3 is 10.4 Å². The summed E-state index contributed by atoms with van der Waals surface area (Å²) in [7, 11) is 1.99. The number of aromatic nitrogens is 3. The first-order valence-corrected chi connectivity index (χ1v) is 7.29. The van der Waals surface area contributed by atoms with Crippen LogP contribution in [0.1, 0.15) is 45.4 Å². The fourth-order valence-corrected chi connectivity index (χ4v) is 2.84. The average Bonchev–Trinajstić information content (AvgIpc) is 2.76. The molecular weight excluding hydrogens is 240 g/mol. The lowest BCUT2D eigenvalue weighted by atomic mass is 9.80. The maximum Gasteiger partial charge on any atom is 0.138 e. The van der Waals surface area contributed by atoms with Crippen LogP contribution >= 0.6 is 0 Å². The van der Waals surface area contributed by atoms with Crippen LogP contribution in [0.25, 0.3) is 0 Å². The minimum absolute atomic E-state index is 0.537. The van der Waals surface area contributed by atoms with Crippen LogP contribution in [0.5, 0.6) is 0 Å². The maximum atomic E-state index is 10.7. The molecule has 0 amide bonds. The summed E-state index contributed by atoms with van der Waals surface area (Å²) in [4.78, 5) is 4.32. The Balaban J connectivity index is 1.99. The van der Waals surface area contributed by atoms with Gasteiger partial charge in [-0.3, -0.25) is 0 Å². The van der Waals surface area contributed by atoms with E-state index in [1.807, 2.05) is 11.7 Å². The van der Waals surface area contributed by atoms with Gasteiger partial charge in [0, 0.05) is 19.0 Å². The van der Waals surface area contributed by atoms with E-state index in [-0.39, 0.29) is 0 Å². The van der Waals surface area contributed by atoms with Gasteiger partial charge in [-0.25, -0.2) is 9.67 Å². The van der Waals surface area contributed by atoms with Gasteiger partial charge in [-0.2, -0.15) is 5.10 Å². The van der Waals surface area contributed by atoms with Gasteiger partial charge in [-0.1, -0.05) is 13.8 Å². The van der Waals surface area contributed by atoms with Crippen LogP contribution in [-0.2, 0) is 13.0 Å². The predicted octanol–water partition coefficient (Wildman–Crippen LogP) is 1.37. The Hall–Kier alpha value is -0.940. The summed E-state index contributed by atoms with van der Waals surface area (Å²) < 4.78 is 1.94. The van der Waals surface area contributed by atoms with Crippen molar-refractivity contribution in [2.75, 3.05) is 7.05 Å². The molecule has 108 valence electrons. The second kappa shape index (κ2) is 6.01. The van der Waals surface area contributed by atoms with Crippen LogP contribution < -0.4 is 5.32 Å². The summed E-state index contributed by atoms with van der Waals surface area (Å²) in [5, 5.41) is 18.3. The van der Waals surface area contributed by atoms with Crippen LogP contribution in [0.2, 0.25) is 0 Å². The zero-order chi connectivity index (χ0) is 13.9. The largest absolute Gasteiger partial charge is 0.389 e. The van der Waals surface area contributed by atoms with Crippen molar-refractivity contribution in [2.24, 2.45) is 5.92 Å². The van der Waals surface area contributed by atoms with Crippen molar-refractivity contribution in [1.29, 1.82) is 0 Å². The molecule has 19 heavy (non-hydrogen) atoms. The molecule has 1 aliphatic rings. The normalized spacial score (nSPS) is 27.9. The average molecular weight is 266 g/mol. The van der Waals surface area contributed by atoms with Gasteiger partial charge in [0.25, 0.3) is 0 Å². The molecule has 0 bridgehead atoms. The highest BCUT2D eigenvalue weighted by Crippen LogP contribution is 2.31. The molecule has 5 nitrogen and oxygen atoms in total. The Morgan fingerprint density at radius 3 is 2.74 bits per heavy atom. The van der Waals surface area contributed by atoms with Crippen LogP contribution in [0.3, 0.4) is 0 Å². The summed E-state index contributed by atoms with van der Waals surface area (Å²) in [6.45, 7) is 5.20. The van der Waals surface area contributed by atoms with Crippen LogP contribution in [0.4, 0.5) is 0 Å². The van der Waals surface area contributed by atoms with Crippen LogP contribution in [0.15, 0.2) is 6.33 Å². The lowest BCUT2D eigenvalue weighted by Crippen LogP contribution is -2.42. The third-order valence-electron chi connectivity index (χ3n) is 4.05. The van der Waals surface area contributed by atoms with Crippen molar-refractivity contribution in [3.63, 3.8) is 0 Å². The lowest BCUT2D eigenvalue weighted by molar-refractivity contribution is -0.00502. The summed E-state index contributed by atoms with van der Waals surface area (Å²) in [5.41, 5.74) is -0.602. The molecule has 1 saturated carbocycles. The fraction of sp³-hybridized carbons (Fsp3) is 0.857. The first kappa shape index (κ1) is 14.5. The van der Waals surface area contributed by atoms with Crippen molar-refractivity contribution in [3.8, 4) is 0 Å². The zero-order valence-corrected chi connectivity index (χ0v) is 12.3. The third kappa shape index (κ3) is 3.76. The molecule has 0 aromatic carbocycles. The highest BCUT2D eigenvalue weighted by atomic mass is 16.3. The van der Waals surface area contributed by atoms with Gasteiger partial charge in [-0.15, -0.1) is 0 Å². The molecule has 1 fully saturated rings. The number of nitrogens with zero attached hydrogens (tertiary/aromatic N) is 3. The van der Waals surface area contributed by atoms with E-state index in [0.29, 0.717) is 18.4 Å². The molecule has 2 N–H and O–H groups in total. The zero-order valence-electron chi connectivity index (χ0n) is 12.3. The third-order valence-corrected chi connectivity index (χ3v) is 4.05. The lowest BCUT2D eigenvalue weighted by Gasteiger charge is -2.35. The minimum atomic E-state index is -0.602. The molecule has 1 aliphatic carbocycles. The Morgan fingerprint density at radius 2 is 2.16 bits per heavy atom. The number of aliphatic hydroxyl groups is 1. The molecule has 2 rings (SSSR count). The van der Waals surface area contributed by atoms with E-state index in [4.69, 9.17) is 0 Å². The second-order valence-corrected chi connectivity index (χ2v) is 6.22. The minimum Gasteiger partial charge on any atom is -0.389 e. The summed E-state index contributed by atoms with van der Waals surface area (Å²) >= 11 is 0. The SMILES string of the molecule is CNC1CCC(O)(Cc2ncnn2CC(C)C)CC1. The van der Waals surface area contributed by atoms with Crippen molar-refractivity contribution in [3.05, 3.63) is 12.2 Å². The standard InChI is InChI=1S/C14H26N4O/c1-11(2)9-18-13(16-10-17-18)8-14(19)6-4-12(15-3)5-7-14/h10-12,15,19H,4-9H2,1-3H3. The molecule has 0 unspecified atom stereocenters. The van der Waals surface area contributed by atoms with Gasteiger partial charge in [0.1, 0.15) is 12.2 Å². The quantitative estimate of drug-likeness (QED) is 0.845. The van der Waals surface area contributed by atoms with Crippen molar-refractivity contribution in [1.82, 2.24) is 20.1 Å². The molecule has 1 aromatic heterocycles. The number of nitrogens with one attached hydrogen (secondary N) is 1. The van der Waals surface area contributed by atoms with E-state index in [1.165, 1.54) is 0 Å². The first-order chi connectivity index (χ1) is 9.02. The van der Waals surface area contributed by atoms with Crippen LogP contribution in [-0.4, -0.2) is 38.6 Å². The Labute approximate surface area is 115 Å². The number of hydrogen-bond acceptors (Lipinski definition) is 4. The number of hydrogen-bond donors (Lipinski definition) is 2. The maximum absolute atomic E-state index is 10.7. The summed E-state index contributed by atoms with van der Waals surface area (Å²) in [5.74, 6) is 1.45. The van der Waals surface area contributed by atoms with E-state index in [2.05, 4.69) is 29.2 Å². The van der Waals surface area contributed by atoms with E-state index in [0.717, 1.165) is 38.1 Å². The molecule has 0 spiro atoms. The van der Waals surface area contributed by atoms with E-state index in [1.54, 1.807) is 6.33 Å². The molecule has 0 radical (unpaired) electrons. The Morgan fingerprint density at radius 1 is 1.47 bits per heavy atom. The van der Waals surface area contributed by atoms with Gasteiger partial charge in [0.05, 0.1) is 5.60 Å².